The predicted octanol–water partition coefficient (Wildman–Crippen LogP) is 4.39. The quantitative estimate of drug-likeness (QED) is 0.271. The Balaban J connectivity index is 4.88. The second-order valence-electron chi connectivity index (χ2n) is 6.48. The summed E-state index contributed by atoms with van der Waals surface area (Å²) in [7, 11) is -3.94. The molecule has 1 N–H and O–H groups in total. The second kappa shape index (κ2) is 11.7. The van der Waals surface area contributed by atoms with Crippen LogP contribution in [0.3, 0.4) is 0 Å². The van der Waals surface area contributed by atoms with Crippen molar-refractivity contribution >= 4 is 19.5 Å². The molecule has 0 aromatic heterocycles. The van der Waals surface area contributed by atoms with Gasteiger partial charge in [-0.2, -0.15) is 0 Å². The average Bonchev–Trinajstić information content (AvgIpc) is 2.49. The summed E-state index contributed by atoms with van der Waals surface area (Å²) in [6, 6.07) is 0. The third-order valence-electron chi connectivity index (χ3n) is 3.67. The third kappa shape index (κ3) is 9.38. The fraction of sp³-hybridized carbons (Fsp3) is 0.882. The van der Waals surface area contributed by atoms with E-state index in [4.69, 9.17) is 13.8 Å². The Morgan fingerprint density at radius 2 is 1.60 bits per heavy atom. The van der Waals surface area contributed by atoms with Crippen molar-refractivity contribution in [3.8, 4) is 0 Å². The topological polar surface area (TPSA) is 99.1 Å². The lowest BCUT2D eigenvalue weighted by Gasteiger charge is -2.27. The molecule has 0 spiro atoms. The van der Waals surface area contributed by atoms with Gasteiger partial charge in [0, 0.05) is 0 Å². The molecule has 0 rings (SSSR count). The highest BCUT2D eigenvalue weighted by Gasteiger charge is 2.43. The molecule has 0 aromatic carbocycles. The molecule has 0 aliphatic carbocycles. The molecular formula is C17H33O7P. The van der Waals surface area contributed by atoms with Gasteiger partial charge >= 0.3 is 19.5 Å². The van der Waals surface area contributed by atoms with Crippen molar-refractivity contribution in [1.82, 2.24) is 0 Å². The molecule has 1 atom stereocenters. The van der Waals surface area contributed by atoms with Crippen molar-refractivity contribution in [2.45, 2.75) is 84.4 Å². The molecule has 148 valence electrons. The van der Waals surface area contributed by atoms with Crippen LogP contribution < -0.4 is 0 Å². The second-order valence-corrected chi connectivity index (χ2v) is 8.70. The fourth-order valence-corrected chi connectivity index (χ4v) is 4.25. The Kier molecular flexibility index (Phi) is 11.2. The van der Waals surface area contributed by atoms with Crippen LogP contribution >= 0.6 is 7.60 Å². The average molecular weight is 380 g/mol. The molecule has 8 heteroatoms. The number of aliphatic carboxylic acids is 1. The zero-order chi connectivity index (χ0) is 19.5. The van der Waals surface area contributed by atoms with E-state index >= 15 is 0 Å². The van der Waals surface area contributed by atoms with Gasteiger partial charge in [0.25, 0.3) is 0 Å². The van der Waals surface area contributed by atoms with Crippen LogP contribution in [0.1, 0.15) is 73.1 Å². The summed E-state index contributed by atoms with van der Waals surface area (Å²) < 4.78 is 28.2. The van der Waals surface area contributed by atoms with Crippen molar-refractivity contribution in [2.75, 3.05) is 13.2 Å². The van der Waals surface area contributed by atoms with Crippen LogP contribution in [-0.4, -0.2) is 41.5 Å². The summed E-state index contributed by atoms with van der Waals surface area (Å²) in [5.41, 5.74) is -2.27. The van der Waals surface area contributed by atoms with Crippen LogP contribution in [0.4, 0.5) is 0 Å². The molecule has 0 amide bonds. The Morgan fingerprint density at radius 1 is 1.04 bits per heavy atom. The SMILES string of the molecule is CCCCCCC(C)(C)OC(=O)CC(C(=O)O)P(=O)(OCC)OCC. The Hall–Kier alpha value is -0.910. The van der Waals surface area contributed by atoms with Gasteiger partial charge in [-0.3, -0.25) is 14.2 Å². The smallest absolute Gasteiger partial charge is 0.345 e. The first kappa shape index (κ1) is 24.1. The van der Waals surface area contributed by atoms with Gasteiger partial charge < -0.3 is 18.9 Å². The first-order chi connectivity index (χ1) is 11.6. The monoisotopic (exact) mass is 380 g/mol. The molecule has 0 heterocycles. The Morgan fingerprint density at radius 3 is 2.04 bits per heavy atom. The maximum absolute atomic E-state index is 12.7. The van der Waals surface area contributed by atoms with E-state index in [0.29, 0.717) is 6.42 Å². The highest BCUT2D eigenvalue weighted by molar-refractivity contribution is 7.55. The van der Waals surface area contributed by atoms with Crippen molar-refractivity contribution < 1.29 is 33.0 Å². The lowest BCUT2D eigenvalue weighted by molar-refractivity contribution is -0.159. The summed E-state index contributed by atoms with van der Waals surface area (Å²) in [4.78, 5) is 23.7. The van der Waals surface area contributed by atoms with E-state index < -0.39 is 37.2 Å². The van der Waals surface area contributed by atoms with Gasteiger partial charge in [-0.05, 0) is 40.5 Å². The van der Waals surface area contributed by atoms with E-state index in [1.165, 1.54) is 0 Å². The van der Waals surface area contributed by atoms with Crippen LogP contribution in [0.2, 0.25) is 0 Å². The van der Waals surface area contributed by atoms with Crippen molar-refractivity contribution in [2.24, 2.45) is 0 Å². The molecular weight excluding hydrogens is 347 g/mol. The summed E-state index contributed by atoms with van der Waals surface area (Å²) in [6.07, 6.45) is 4.35. The van der Waals surface area contributed by atoms with Crippen LogP contribution in [-0.2, 0) is 27.9 Å². The lowest BCUT2D eigenvalue weighted by atomic mass is 10.00. The molecule has 0 aromatic rings. The molecule has 0 aliphatic rings. The minimum absolute atomic E-state index is 0.0268. The largest absolute Gasteiger partial charge is 0.481 e. The predicted molar refractivity (Wildman–Crippen MR) is 95.8 cm³/mol. The summed E-state index contributed by atoms with van der Waals surface area (Å²) in [5.74, 6) is -2.12. The zero-order valence-electron chi connectivity index (χ0n) is 16.1. The summed E-state index contributed by atoms with van der Waals surface area (Å²) >= 11 is 0. The molecule has 7 nitrogen and oxygen atoms in total. The molecule has 0 saturated carbocycles. The first-order valence-electron chi connectivity index (χ1n) is 8.95. The van der Waals surface area contributed by atoms with Crippen molar-refractivity contribution in [3.63, 3.8) is 0 Å². The van der Waals surface area contributed by atoms with E-state index in [0.717, 1.165) is 25.7 Å². The number of esters is 1. The number of hydrogen-bond acceptors (Lipinski definition) is 6. The number of carbonyl (C=O) groups excluding carboxylic acids is 1. The maximum Gasteiger partial charge on any atom is 0.345 e. The van der Waals surface area contributed by atoms with Crippen molar-refractivity contribution in [3.05, 3.63) is 0 Å². The molecule has 0 saturated heterocycles. The lowest BCUT2D eigenvalue weighted by Crippen LogP contribution is -2.32. The molecule has 25 heavy (non-hydrogen) atoms. The maximum atomic E-state index is 12.7. The number of ether oxygens (including phenoxy) is 1. The van der Waals surface area contributed by atoms with E-state index in [1.807, 2.05) is 0 Å². The van der Waals surface area contributed by atoms with Gasteiger partial charge in [-0.25, -0.2) is 0 Å². The van der Waals surface area contributed by atoms with Gasteiger partial charge in [0.2, 0.25) is 0 Å². The van der Waals surface area contributed by atoms with Crippen LogP contribution in [0.5, 0.6) is 0 Å². The normalized spacial score (nSPS) is 13.5. The summed E-state index contributed by atoms with van der Waals surface area (Å²) in [6.45, 7) is 8.92. The van der Waals surface area contributed by atoms with Crippen molar-refractivity contribution in [1.29, 1.82) is 0 Å². The molecule has 0 radical (unpaired) electrons. The number of rotatable bonds is 14. The van der Waals surface area contributed by atoms with Gasteiger partial charge in [0.1, 0.15) is 5.60 Å². The van der Waals surface area contributed by atoms with E-state index in [1.54, 1.807) is 27.7 Å². The Labute approximate surface area is 150 Å². The number of hydrogen-bond donors (Lipinski definition) is 1. The minimum Gasteiger partial charge on any atom is -0.481 e. The van der Waals surface area contributed by atoms with Gasteiger partial charge in [0.15, 0.2) is 5.66 Å². The van der Waals surface area contributed by atoms with E-state index in [9.17, 15) is 19.3 Å². The van der Waals surface area contributed by atoms with E-state index in [2.05, 4.69) is 6.92 Å². The highest BCUT2D eigenvalue weighted by Crippen LogP contribution is 2.54. The van der Waals surface area contributed by atoms with Crippen LogP contribution in [0.25, 0.3) is 0 Å². The number of carboxylic acids is 1. The molecule has 0 aliphatic heterocycles. The Bertz CT molecular complexity index is 452. The highest BCUT2D eigenvalue weighted by atomic mass is 31.2. The fourth-order valence-electron chi connectivity index (χ4n) is 2.45. The summed E-state index contributed by atoms with van der Waals surface area (Å²) in [5, 5.41) is 9.37. The van der Waals surface area contributed by atoms with Crippen LogP contribution in [0.15, 0.2) is 0 Å². The molecule has 0 fully saturated rings. The third-order valence-corrected chi connectivity index (χ3v) is 6.07. The van der Waals surface area contributed by atoms with Gasteiger partial charge in [0.05, 0.1) is 19.6 Å². The van der Waals surface area contributed by atoms with E-state index in [-0.39, 0.29) is 13.2 Å². The van der Waals surface area contributed by atoms with Gasteiger partial charge in [-0.1, -0.05) is 26.2 Å². The zero-order valence-corrected chi connectivity index (χ0v) is 17.0. The number of carbonyl (C=O) groups is 2. The molecule has 1 unspecified atom stereocenters. The minimum atomic E-state index is -3.94. The van der Waals surface area contributed by atoms with Crippen LogP contribution in [0, 0.1) is 0 Å². The van der Waals surface area contributed by atoms with Gasteiger partial charge in [-0.15, -0.1) is 0 Å². The standard InChI is InChI=1S/C17H33O7P/c1-6-9-10-11-12-17(4,5)24-15(18)13-14(16(19)20)25(21,22-7-2)23-8-3/h14H,6-13H2,1-5H3,(H,19,20). The number of unbranched alkanes of at least 4 members (excludes halogenated alkanes) is 3. The number of carboxylic acid groups (broad SMARTS) is 1. The first-order valence-corrected chi connectivity index (χ1v) is 10.6. The molecule has 0 bridgehead atoms.